The van der Waals surface area contributed by atoms with Crippen molar-refractivity contribution in [1.29, 1.82) is 0 Å². The van der Waals surface area contributed by atoms with E-state index in [0.29, 0.717) is 22.5 Å². The fourth-order valence-corrected chi connectivity index (χ4v) is 4.48. The molecule has 10 atom stereocenters. The maximum absolute atomic E-state index is 10.3. The predicted octanol–water partition coefficient (Wildman–Crippen LogP) is -3.85. The molecule has 10 unspecified atom stereocenters. The topological polar surface area (TPSA) is 242 Å². The van der Waals surface area contributed by atoms with Gasteiger partial charge in [0, 0.05) is 11.1 Å². The van der Waals surface area contributed by atoms with Crippen LogP contribution in [0.3, 0.4) is 0 Å². The minimum absolute atomic E-state index is 0.415. The van der Waals surface area contributed by atoms with Gasteiger partial charge in [-0.15, -0.1) is 10.2 Å². The van der Waals surface area contributed by atoms with Crippen LogP contribution in [0.1, 0.15) is 12.5 Å². The van der Waals surface area contributed by atoms with Crippen molar-refractivity contribution in [1.82, 2.24) is 30.0 Å². The van der Waals surface area contributed by atoms with Gasteiger partial charge >= 0.3 is 0 Å². The summed E-state index contributed by atoms with van der Waals surface area (Å²) in [5, 5.41) is 95.4. The number of hydrogen-bond acceptors (Lipinski definition) is 14. The summed E-state index contributed by atoms with van der Waals surface area (Å²) >= 11 is 0. The lowest BCUT2D eigenvalue weighted by Crippen LogP contribution is -2.56. The Morgan fingerprint density at radius 1 is 0.579 bits per heavy atom. The fraction of sp³-hybridized carbons (Fsp3) is 0.545. The van der Waals surface area contributed by atoms with Crippen molar-refractivity contribution in [2.75, 3.05) is 13.2 Å². The normalized spacial score (nSPS) is 35.9. The van der Waals surface area contributed by atoms with Crippen LogP contribution in [0.2, 0.25) is 0 Å². The number of nitrogens with zero attached hydrogens (tertiary/aromatic N) is 6. The van der Waals surface area contributed by atoms with Crippen LogP contribution in [-0.4, -0.2) is 133 Å². The second-order valence-corrected chi connectivity index (χ2v) is 9.18. The molecule has 2 aliphatic rings. The number of benzene rings is 1. The quantitative estimate of drug-likeness (QED) is 0.150. The molecule has 206 valence electrons. The van der Waals surface area contributed by atoms with E-state index in [0.717, 1.165) is 0 Å². The van der Waals surface area contributed by atoms with Crippen molar-refractivity contribution in [2.45, 2.75) is 61.3 Å². The molecule has 2 fully saturated rings. The Balaban J connectivity index is 1.31. The number of aromatic nitrogens is 6. The summed E-state index contributed by atoms with van der Waals surface area (Å²) in [7, 11) is 0. The molecule has 3 aromatic rings. The molecule has 8 N–H and O–H groups in total. The molecule has 0 bridgehead atoms. The van der Waals surface area contributed by atoms with Gasteiger partial charge in [0.05, 0.1) is 25.6 Å². The van der Waals surface area contributed by atoms with Crippen LogP contribution in [-0.2, 0) is 9.47 Å². The van der Waals surface area contributed by atoms with E-state index in [-0.39, 0.29) is 0 Å². The van der Waals surface area contributed by atoms with Crippen LogP contribution in [0.25, 0.3) is 22.5 Å². The van der Waals surface area contributed by atoms with Crippen molar-refractivity contribution in [2.24, 2.45) is 0 Å². The standard InChI is InChI=1S/C22H28N6O10/c29-7-13-15(31)17(33)19(35)21(37-13)27-5-11(23-25-27)9-1-2-10(4-3-9)12-6-28(26-24-12)22-20(36)18(34)16(32)14(8-30)38-22/h1-6,13-22,29-36H,7-8H2. The molecule has 0 amide bonds. The van der Waals surface area contributed by atoms with E-state index in [1.807, 2.05) is 0 Å². The first-order valence-corrected chi connectivity index (χ1v) is 11.8. The van der Waals surface area contributed by atoms with Crippen LogP contribution < -0.4 is 0 Å². The molecule has 0 spiro atoms. The third kappa shape index (κ3) is 4.71. The molecule has 0 radical (unpaired) electrons. The van der Waals surface area contributed by atoms with Crippen molar-refractivity contribution < 1.29 is 50.3 Å². The van der Waals surface area contributed by atoms with E-state index in [1.54, 1.807) is 24.3 Å². The lowest BCUT2D eigenvalue weighted by atomic mass is 9.98. The molecule has 2 aliphatic heterocycles. The Bertz CT molecular complexity index is 1130. The minimum Gasteiger partial charge on any atom is -0.394 e. The van der Waals surface area contributed by atoms with E-state index in [4.69, 9.17) is 9.47 Å². The van der Waals surface area contributed by atoms with E-state index in [9.17, 15) is 40.9 Å². The van der Waals surface area contributed by atoms with Gasteiger partial charge in [-0.2, -0.15) is 0 Å². The van der Waals surface area contributed by atoms with Crippen LogP contribution in [0, 0.1) is 0 Å². The zero-order valence-electron chi connectivity index (χ0n) is 19.7. The monoisotopic (exact) mass is 536 g/mol. The Labute approximate surface area is 214 Å². The highest BCUT2D eigenvalue weighted by Gasteiger charge is 2.45. The molecule has 0 saturated carbocycles. The first-order valence-electron chi connectivity index (χ1n) is 11.8. The summed E-state index contributed by atoms with van der Waals surface area (Å²) in [6.07, 6.45) is -10.6. The molecular weight excluding hydrogens is 508 g/mol. The maximum atomic E-state index is 10.3. The van der Waals surface area contributed by atoms with Crippen molar-refractivity contribution in [3.05, 3.63) is 36.7 Å². The second kappa shape index (κ2) is 10.7. The smallest absolute Gasteiger partial charge is 0.180 e. The highest BCUT2D eigenvalue weighted by atomic mass is 16.6. The average molecular weight is 536 g/mol. The van der Waals surface area contributed by atoms with Gasteiger partial charge in [-0.25, -0.2) is 9.36 Å². The van der Waals surface area contributed by atoms with Gasteiger partial charge in [0.15, 0.2) is 12.5 Å². The average Bonchev–Trinajstić information content (AvgIpc) is 3.62. The zero-order chi connectivity index (χ0) is 27.1. The maximum Gasteiger partial charge on any atom is 0.180 e. The second-order valence-electron chi connectivity index (χ2n) is 9.18. The molecule has 16 heteroatoms. The van der Waals surface area contributed by atoms with E-state index in [1.165, 1.54) is 21.8 Å². The number of hydrogen-bond donors (Lipinski definition) is 8. The van der Waals surface area contributed by atoms with E-state index in [2.05, 4.69) is 20.6 Å². The third-order valence-electron chi connectivity index (χ3n) is 6.75. The molecule has 16 nitrogen and oxygen atoms in total. The Hall–Kier alpha value is -2.90. The van der Waals surface area contributed by atoms with Crippen LogP contribution in [0.4, 0.5) is 0 Å². The third-order valence-corrected chi connectivity index (χ3v) is 6.75. The lowest BCUT2D eigenvalue weighted by molar-refractivity contribution is -0.254. The molecule has 2 saturated heterocycles. The van der Waals surface area contributed by atoms with Gasteiger partial charge < -0.3 is 50.3 Å². The van der Waals surface area contributed by atoms with E-state index < -0.39 is 74.5 Å². The molecular formula is C22H28N6O10. The van der Waals surface area contributed by atoms with Crippen LogP contribution in [0.5, 0.6) is 0 Å². The van der Waals surface area contributed by atoms with Crippen molar-refractivity contribution in [3.8, 4) is 22.5 Å². The molecule has 5 rings (SSSR count). The SMILES string of the molecule is OCC1OC(n2cc(-c3ccc(-c4cn(C5OC(CO)C(O)C(O)C5O)nn4)cc3)nn2)C(O)C(O)C1O. The Morgan fingerprint density at radius 3 is 1.29 bits per heavy atom. The van der Waals surface area contributed by atoms with Crippen molar-refractivity contribution in [3.63, 3.8) is 0 Å². The summed E-state index contributed by atoms with van der Waals surface area (Å²) in [6.45, 7) is -1.13. The fourth-order valence-electron chi connectivity index (χ4n) is 4.48. The highest BCUT2D eigenvalue weighted by molar-refractivity contribution is 5.65. The Kier molecular flexibility index (Phi) is 7.51. The molecule has 1 aromatic carbocycles. The number of aliphatic hydroxyl groups is 8. The molecule has 4 heterocycles. The summed E-state index contributed by atoms with van der Waals surface area (Å²) in [4.78, 5) is 0. The molecule has 2 aromatic heterocycles. The minimum atomic E-state index is -1.55. The largest absolute Gasteiger partial charge is 0.394 e. The molecule has 0 aliphatic carbocycles. The highest BCUT2D eigenvalue weighted by Crippen LogP contribution is 2.31. The van der Waals surface area contributed by atoms with Gasteiger partial charge in [0.2, 0.25) is 0 Å². The first kappa shape index (κ1) is 26.7. The van der Waals surface area contributed by atoms with Crippen molar-refractivity contribution >= 4 is 0 Å². The summed E-state index contributed by atoms with van der Waals surface area (Å²) < 4.78 is 13.4. The molecule has 38 heavy (non-hydrogen) atoms. The number of aliphatic hydroxyl groups excluding tert-OH is 8. The summed E-state index contributed by atoms with van der Waals surface area (Å²) in [5.41, 5.74) is 2.12. The van der Waals surface area contributed by atoms with Gasteiger partial charge in [-0.3, -0.25) is 0 Å². The van der Waals surface area contributed by atoms with E-state index >= 15 is 0 Å². The zero-order valence-corrected chi connectivity index (χ0v) is 19.7. The summed E-state index contributed by atoms with van der Waals surface area (Å²) in [5.74, 6) is 0. The van der Waals surface area contributed by atoms with Crippen LogP contribution >= 0.6 is 0 Å². The Morgan fingerprint density at radius 2 is 0.947 bits per heavy atom. The van der Waals surface area contributed by atoms with Gasteiger partial charge in [0.1, 0.15) is 60.2 Å². The number of rotatable bonds is 6. The predicted molar refractivity (Wildman–Crippen MR) is 123 cm³/mol. The van der Waals surface area contributed by atoms with Gasteiger partial charge in [0.25, 0.3) is 0 Å². The van der Waals surface area contributed by atoms with Crippen LogP contribution in [0.15, 0.2) is 36.7 Å². The summed E-state index contributed by atoms with van der Waals surface area (Å²) in [6, 6.07) is 6.90. The first-order chi connectivity index (χ1) is 18.2. The van der Waals surface area contributed by atoms with Gasteiger partial charge in [-0.05, 0) is 0 Å². The number of ether oxygens (including phenoxy) is 2. The van der Waals surface area contributed by atoms with Gasteiger partial charge in [-0.1, -0.05) is 34.7 Å². The lowest BCUT2D eigenvalue weighted by Gasteiger charge is -2.39.